The Bertz CT molecular complexity index is 1330. The third kappa shape index (κ3) is 3.82. The third-order valence-electron chi connectivity index (χ3n) is 6.23. The van der Waals surface area contributed by atoms with Crippen molar-refractivity contribution in [3.05, 3.63) is 53.2 Å². The Morgan fingerprint density at radius 1 is 1.15 bits per heavy atom. The van der Waals surface area contributed by atoms with Crippen LogP contribution in [-0.2, 0) is 17.8 Å². The molecule has 3 aromatic rings. The number of hydrogen-bond acceptors (Lipinski definition) is 7. The highest BCUT2D eigenvalue weighted by Crippen LogP contribution is 2.30. The Morgan fingerprint density at radius 3 is 2.79 bits per heavy atom. The minimum atomic E-state index is -0.974. The first-order valence-corrected chi connectivity index (χ1v) is 10.6. The Hall–Kier alpha value is -3.79. The minimum Gasteiger partial charge on any atom is -0.355 e. The number of aliphatic hydroxyl groups is 1. The average molecular weight is 449 g/mol. The molecule has 1 atom stereocenters. The van der Waals surface area contributed by atoms with Crippen molar-refractivity contribution in [2.75, 3.05) is 26.0 Å². The number of benzene rings is 1. The largest absolute Gasteiger partial charge is 0.355 e. The molecule has 0 bridgehead atoms. The fourth-order valence-electron chi connectivity index (χ4n) is 4.04. The lowest BCUT2D eigenvalue weighted by atomic mass is 9.99. The minimum absolute atomic E-state index is 0.0239. The highest BCUT2D eigenvalue weighted by Gasteiger charge is 2.22. The molecule has 5 rings (SSSR count). The summed E-state index contributed by atoms with van der Waals surface area (Å²) in [4.78, 5) is 23.8. The van der Waals surface area contributed by atoms with E-state index in [1.807, 2.05) is 19.1 Å². The molecule has 1 amide bonds. The van der Waals surface area contributed by atoms with Crippen LogP contribution in [-0.4, -0.2) is 68.8 Å². The van der Waals surface area contributed by atoms with Crippen LogP contribution in [0, 0.1) is 5.82 Å². The van der Waals surface area contributed by atoms with Gasteiger partial charge in [0.1, 0.15) is 18.2 Å². The molecule has 33 heavy (non-hydrogen) atoms. The second-order valence-corrected chi connectivity index (χ2v) is 8.35. The second-order valence-electron chi connectivity index (χ2n) is 8.35. The molecule has 4 heterocycles. The van der Waals surface area contributed by atoms with Gasteiger partial charge in [0.15, 0.2) is 5.82 Å². The molecule has 0 saturated heterocycles. The predicted molar refractivity (Wildman–Crippen MR) is 123 cm³/mol. The molecular weight excluding hydrogens is 425 g/mol. The fourth-order valence-corrected chi connectivity index (χ4v) is 4.04. The van der Waals surface area contributed by atoms with Gasteiger partial charge < -0.3 is 20.2 Å². The summed E-state index contributed by atoms with van der Waals surface area (Å²) in [5, 5.41) is 19.0. The van der Waals surface area contributed by atoms with Gasteiger partial charge in [0.05, 0.1) is 0 Å². The number of nitrogens with one attached hydrogen (secondary N) is 1. The number of carbonyl (C=O) groups excluding carboxylic acids is 1. The topological polar surface area (TPSA) is 98.9 Å². The number of carbonyl (C=O) groups is 1. The average Bonchev–Trinajstić information content (AvgIpc) is 3.10. The Balaban J connectivity index is 1.46. The number of amides is 1. The molecule has 2 aromatic heterocycles. The summed E-state index contributed by atoms with van der Waals surface area (Å²) in [5.74, 6) is 0.802. The molecule has 0 spiro atoms. The summed E-state index contributed by atoms with van der Waals surface area (Å²) in [6.07, 6.45) is 2.86. The summed E-state index contributed by atoms with van der Waals surface area (Å²) < 4.78 is 16.6. The van der Waals surface area contributed by atoms with E-state index >= 15 is 0 Å². The number of fused-ring (bicyclic) bond motifs is 2. The van der Waals surface area contributed by atoms with Gasteiger partial charge in [-0.2, -0.15) is 5.10 Å². The smallest absolute Gasteiger partial charge is 0.244 e. The van der Waals surface area contributed by atoms with E-state index in [1.54, 1.807) is 40.8 Å². The third-order valence-corrected chi connectivity index (χ3v) is 6.23. The van der Waals surface area contributed by atoms with E-state index in [0.29, 0.717) is 34.7 Å². The molecule has 1 unspecified atom stereocenters. The maximum absolute atomic E-state index is 14.9. The van der Waals surface area contributed by atoms with Gasteiger partial charge in [0.25, 0.3) is 0 Å². The van der Waals surface area contributed by atoms with Gasteiger partial charge in [0.2, 0.25) is 12.3 Å². The lowest BCUT2D eigenvalue weighted by molar-refractivity contribution is -0.130. The molecule has 0 radical (unpaired) electrons. The van der Waals surface area contributed by atoms with Crippen molar-refractivity contribution < 1.29 is 14.3 Å². The van der Waals surface area contributed by atoms with Crippen LogP contribution in [0.15, 0.2) is 41.2 Å². The van der Waals surface area contributed by atoms with E-state index in [9.17, 15) is 14.3 Å². The van der Waals surface area contributed by atoms with Gasteiger partial charge in [-0.25, -0.2) is 14.4 Å². The van der Waals surface area contributed by atoms with E-state index < -0.39 is 6.35 Å². The lowest BCUT2D eigenvalue weighted by Gasteiger charge is -2.28. The Morgan fingerprint density at radius 2 is 1.97 bits per heavy atom. The number of likely N-dealkylation sites (N-methyl/N-ethyl adjacent to an activating group) is 1. The van der Waals surface area contributed by atoms with Crippen molar-refractivity contribution in [2.45, 2.75) is 26.2 Å². The Labute approximate surface area is 189 Å². The molecule has 2 aliphatic rings. The molecule has 0 aliphatic carbocycles. The molecule has 9 nitrogen and oxygen atoms in total. The maximum atomic E-state index is 14.9. The van der Waals surface area contributed by atoms with Crippen LogP contribution in [0.5, 0.6) is 0 Å². The summed E-state index contributed by atoms with van der Waals surface area (Å²) in [5.41, 5.74) is 2.71. The van der Waals surface area contributed by atoms with E-state index in [2.05, 4.69) is 20.4 Å². The molecule has 10 heteroatoms. The van der Waals surface area contributed by atoms with Crippen molar-refractivity contribution in [2.24, 2.45) is 4.99 Å². The van der Waals surface area contributed by atoms with Crippen LogP contribution >= 0.6 is 0 Å². The number of pyridine rings is 1. The first kappa shape index (κ1) is 21.1. The molecule has 0 saturated carbocycles. The van der Waals surface area contributed by atoms with E-state index in [-0.39, 0.29) is 18.3 Å². The predicted octanol–water partition coefficient (Wildman–Crippen LogP) is 2.35. The SMILES string of the molecule is CC1=C(c2cc3cc(Nc4cc5n(n4)CC(=O)N(C)CC5)ncc3cc2F)C=NC(O)N1C. The Kier molecular flexibility index (Phi) is 5.09. The summed E-state index contributed by atoms with van der Waals surface area (Å²) in [6.45, 7) is 2.68. The van der Waals surface area contributed by atoms with Gasteiger partial charge in [-0.3, -0.25) is 9.48 Å². The van der Waals surface area contributed by atoms with Crippen molar-refractivity contribution in [1.82, 2.24) is 24.6 Å². The summed E-state index contributed by atoms with van der Waals surface area (Å²) >= 11 is 0. The lowest BCUT2D eigenvalue weighted by Crippen LogP contribution is -2.31. The van der Waals surface area contributed by atoms with Crippen LogP contribution < -0.4 is 5.32 Å². The summed E-state index contributed by atoms with van der Waals surface area (Å²) in [6, 6.07) is 6.95. The number of rotatable bonds is 3. The van der Waals surface area contributed by atoms with E-state index in [4.69, 9.17) is 0 Å². The zero-order valence-corrected chi connectivity index (χ0v) is 18.6. The standard InChI is InChI=1S/C23H24FN7O2/c1-13-18(11-26-23(33)30(13)3)17-6-14-8-20(25-10-15(14)7-19(17)24)27-21-9-16-4-5-29(2)22(32)12-31(16)28-21/h6-11,23,33H,4-5,12H2,1-3H3,(H,25,27,28). The number of allylic oxidation sites excluding steroid dienone is 2. The van der Waals surface area contributed by atoms with Crippen LogP contribution in [0.2, 0.25) is 0 Å². The monoisotopic (exact) mass is 449 g/mol. The first-order chi connectivity index (χ1) is 15.8. The van der Waals surface area contributed by atoms with Gasteiger partial charge in [0, 0.05) is 73.5 Å². The van der Waals surface area contributed by atoms with Crippen molar-refractivity contribution in [1.29, 1.82) is 0 Å². The summed E-state index contributed by atoms with van der Waals surface area (Å²) in [7, 11) is 3.50. The molecule has 0 fully saturated rings. The zero-order valence-electron chi connectivity index (χ0n) is 18.6. The number of aliphatic hydroxyl groups excluding tert-OH is 1. The molecular formula is C23H24FN7O2. The zero-order chi connectivity index (χ0) is 23.3. The number of anilines is 2. The molecule has 1 aromatic carbocycles. The van der Waals surface area contributed by atoms with Crippen LogP contribution in [0.3, 0.4) is 0 Å². The van der Waals surface area contributed by atoms with Crippen LogP contribution in [0.1, 0.15) is 18.2 Å². The maximum Gasteiger partial charge on any atom is 0.244 e. The number of hydrogen-bond donors (Lipinski definition) is 2. The first-order valence-electron chi connectivity index (χ1n) is 10.6. The van der Waals surface area contributed by atoms with Gasteiger partial charge in [-0.05, 0) is 30.5 Å². The number of aromatic nitrogens is 3. The van der Waals surface area contributed by atoms with Gasteiger partial charge >= 0.3 is 0 Å². The molecule has 2 aliphatic heterocycles. The highest BCUT2D eigenvalue weighted by molar-refractivity contribution is 6.12. The number of nitrogens with zero attached hydrogens (tertiary/aromatic N) is 6. The van der Waals surface area contributed by atoms with Gasteiger partial charge in [-0.15, -0.1) is 0 Å². The fraction of sp³-hybridized carbons (Fsp3) is 0.304. The van der Waals surface area contributed by atoms with Crippen LogP contribution in [0.4, 0.5) is 16.0 Å². The molecule has 170 valence electrons. The van der Waals surface area contributed by atoms with E-state index in [1.165, 1.54) is 12.3 Å². The quantitative estimate of drug-likeness (QED) is 0.637. The van der Waals surface area contributed by atoms with E-state index in [0.717, 1.165) is 23.2 Å². The number of halogens is 1. The number of aliphatic imine (C=N–C) groups is 1. The second kappa shape index (κ2) is 7.96. The van der Waals surface area contributed by atoms with Gasteiger partial charge in [-0.1, -0.05) is 0 Å². The molecule has 2 N–H and O–H groups in total. The normalized spacial score (nSPS) is 18.7. The highest BCUT2D eigenvalue weighted by atomic mass is 19.1. The van der Waals surface area contributed by atoms with Crippen molar-refractivity contribution >= 4 is 40.1 Å². The van der Waals surface area contributed by atoms with Crippen molar-refractivity contribution in [3.8, 4) is 0 Å². The van der Waals surface area contributed by atoms with Crippen LogP contribution in [0.25, 0.3) is 16.3 Å². The van der Waals surface area contributed by atoms with Crippen molar-refractivity contribution in [3.63, 3.8) is 0 Å².